The molecule has 1 saturated heterocycles. The van der Waals surface area contributed by atoms with Crippen molar-refractivity contribution in [3.05, 3.63) is 19.2 Å². The Hall–Kier alpha value is 0.380. The number of carbonyl (C=O) groups excluding carboxylic acids is 1. The number of carbonyl (C=O) groups is 1. The summed E-state index contributed by atoms with van der Waals surface area (Å²) < 4.78 is 1.89. The standard InChI is InChI=1S/C12H16Br2N2OS.ClH/c1-2-5-16(8-3-4-15-7-8)12(17)9-6-10(13)18-11(9)14;/h6,8,15H,2-5,7H2,1H3;1H. The SMILES string of the molecule is CCCN(C(=O)c1cc(Br)sc1Br)C1CCNC1.Cl. The molecule has 1 aromatic rings. The second kappa shape index (κ2) is 7.98. The minimum absolute atomic E-state index is 0. The summed E-state index contributed by atoms with van der Waals surface area (Å²) in [5.74, 6) is 0.138. The Bertz CT molecular complexity index is 435. The van der Waals surface area contributed by atoms with Crippen LogP contribution in [-0.4, -0.2) is 36.5 Å². The van der Waals surface area contributed by atoms with Gasteiger partial charge in [-0.1, -0.05) is 6.92 Å². The van der Waals surface area contributed by atoms with Crippen LogP contribution in [0.1, 0.15) is 30.1 Å². The smallest absolute Gasteiger partial charge is 0.256 e. The molecule has 3 nitrogen and oxygen atoms in total. The molecule has 1 amide bonds. The van der Waals surface area contributed by atoms with E-state index in [0.717, 1.165) is 45.6 Å². The minimum atomic E-state index is 0. The normalized spacial score (nSPS) is 18.2. The maximum absolute atomic E-state index is 12.6. The highest BCUT2D eigenvalue weighted by Crippen LogP contribution is 2.33. The van der Waals surface area contributed by atoms with Crippen molar-refractivity contribution in [1.82, 2.24) is 10.2 Å². The number of halogens is 3. The number of hydrogen-bond donors (Lipinski definition) is 1. The van der Waals surface area contributed by atoms with E-state index in [1.54, 1.807) is 11.3 Å². The van der Waals surface area contributed by atoms with E-state index >= 15 is 0 Å². The minimum Gasteiger partial charge on any atom is -0.334 e. The lowest BCUT2D eigenvalue weighted by molar-refractivity contribution is 0.0692. The van der Waals surface area contributed by atoms with Crippen LogP contribution >= 0.6 is 55.6 Å². The van der Waals surface area contributed by atoms with Gasteiger partial charge in [0.25, 0.3) is 5.91 Å². The fourth-order valence-electron chi connectivity index (χ4n) is 2.24. The van der Waals surface area contributed by atoms with Gasteiger partial charge in [-0.2, -0.15) is 0 Å². The highest BCUT2D eigenvalue weighted by atomic mass is 79.9. The van der Waals surface area contributed by atoms with E-state index in [4.69, 9.17) is 0 Å². The lowest BCUT2D eigenvalue weighted by atomic mass is 10.1. The monoisotopic (exact) mass is 430 g/mol. The molecule has 108 valence electrons. The van der Waals surface area contributed by atoms with Crippen molar-refractivity contribution in [2.24, 2.45) is 0 Å². The van der Waals surface area contributed by atoms with Crippen LogP contribution in [-0.2, 0) is 0 Å². The van der Waals surface area contributed by atoms with Crippen molar-refractivity contribution in [2.75, 3.05) is 19.6 Å². The summed E-state index contributed by atoms with van der Waals surface area (Å²) >= 11 is 8.45. The summed E-state index contributed by atoms with van der Waals surface area (Å²) in [4.78, 5) is 14.6. The van der Waals surface area contributed by atoms with Crippen LogP contribution in [0, 0.1) is 0 Å². The zero-order chi connectivity index (χ0) is 13.1. The molecule has 0 bridgehead atoms. The van der Waals surface area contributed by atoms with Crippen LogP contribution in [0.5, 0.6) is 0 Å². The van der Waals surface area contributed by atoms with Gasteiger partial charge >= 0.3 is 0 Å². The first-order chi connectivity index (χ1) is 8.63. The van der Waals surface area contributed by atoms with Crippen molar-refractivity contribution in [1.29, 1.82) is 0 Å². The van der Waals surface area contributed by atoms with Gasteiger partial charge in [-0.3, -0.25) is 4.79 Å². The van der Waals surface area contributed by atoms with E-state index in [9.17, 15) is 4.79 Å². The van der Waals surface area contributed by atoms with Gasteiger partial charge in [-0.15, -0.1) is 23.7 Å². The van der Waals surface area contributed by atoms with E-state index in [1.807, 2.05) is 11.0 Å². The molecular weight excluding hydrogens is 415 g/mol. The largest absolute Gasteiger partial charge is 0.334 e. The zero-order valence-corrected chi connectivity index (χ0v) is 15.4. The molecule has 0 radical (unpaired) electrons. The van der Waals surface area contributed by atoms with E-state index in [0.29, 0.717) is 6.04 Å². The third-order valence-electron chi connectivity index (χ3n) is 3.09. The molecule has 1 unspecified atom stereocenters. The maximum Gasteiger partial charge on any atom is 0.256 e. The molecule has 2 heterocycles. The lowest BCUT2D eigenvalue weighted by Crippen LogP contribution is -2.42. The number of hydrogen-bond acceptors (Lipinski definition) is 3. The summed E-state index contributed by atoms with van der Waals surface area (Å²) in [6.45, 7) is 4.85. The van der Waals surface area contributed by atoms with E-state index in [-0.39, 0.29) is 18.3 Å². The molecular formula is C12H17Br2ClN2OS. The number of nitrogens with zero attached hydrogens (tertiary/aromatic N) is 1. The number of rotatable bonds is 4. The lowest BCUT2D eigenvalue weighted by Gasteiger charge is -2.28. The fraction of sp³-hybridized carbons (Fsp3) is 0.583. The number of thiophene rings is 1. The van der Waals surface area contributed by atoms with Gasteiger partial charge in [0.15, 0.2) is 0 Å². The second-order valence-electron chi connectivity index (χ2n) is 4.38. The molecule has 0 saturated carbocycles. The topological polar surface area (TPSA) is 32.3 Å². The van der Waals surface area contributed by atoms with E-state index in [2.05, 4.69) is 44.1 Å². The highest BCUT2D eigenvalue weighted by molar-refractivity contribution is 9.12. The van der Waals surface area contributed by atoms with Crippen molar-refractivity contribution < 1.29 is 4.79 Å². The molecule has 0 aliphatic carbocycles. The molecule has 1 N–H and O–H groups in total. The Labute approximate surface area is 140 Å². The summed E-state index contributed by atoms with van der Waals surface area (Å²) in [6, 6.07) is 2.24. The van der Waals surface area contributed by atoms with Crippen LogP contribution in [0.15, 0.2) is 13.6 Å². The van der Waals surface area contributed by atoms with Crippen molar-refractivity contribution in [3.63, 3.8) is 0 Å². The Morgan fingerprint density at radius 2 is 2.32 bits per heavy atom. The maximum atomic E-state index is 12.6. The average Bonchev–Trinajstić information content (AvgIpc) is 2.95. The van der Waals surface area contributed by atoms with E-state index in [1.165, 1.54) is 0 Å². The number of nitrogens with one attached hydrogen (secondary N) is 1. The third kappa shape index (κ3) is 4.17. The second-order valence-corrected chi connectivity index (χ2v) is 8.13. The molecule has 0 spiro atoms. The van der Waals surface area contributed by atoms with Crippen LogP contribution in [0.3, 0.4) is 0 Å². The van der Waals surface area contributed by atoms with Crippen LogP contribution in [0.4, 0.5) is 0 Å². The summed E-state index contributed by atoms with van der Waals surface area (Å²) in [7, 11) is 0. The highest BCUT2D eigenvalue weighted by Gasteiger charge is 2.28. The van der Waals surface area contributed by atoms with Gasteiger partial charge in [-0.05, 0) is 57.3 Å². The van der Waals surface area contributed by atoms with Crippen molar-refractivity contribution in [3.8, 4) is 0 Å². The van der Waals surface area contributed by atoms with E-state index < -0.39 is 0 Å². The molecule has 1 atom stereocenters. The van der Waals surface area contributed by atoms with Crippen LogP contribution in [0.25, 0.3) is 0 Å². The molecule has 7 heteroatoms. The summed E-state index contributed by atoms with van der Waals surface area (Å²) in [5, 5.41) is 3.33. The first kappa shape index (κ1) is 17.4. The average molecular weight is 433 g/mol. The Kier molecular flexibility index (Phi) is 7.32. The predicted octanol–water partition coefficient (Wildman–Crippen LogP) is 3.91. The van der Waals surface area contributed by atoms with Gasteiger partial charge in [0.05, 0.1) is 13.1 Å². The Balaban J connectivity index is 0.00000180. The third-order valence-corrected chi connectivity index (χ3v) is 5.43. The van der Waals surface area contributed by atoms with Gasteiger partial charge in [0, 0.05) is 19.1 Å². The van der Waals surface area contributed by atoms with Gasteiger partial charge in [0.1, 0.15) is 0 Å². The predicted molar refractivity (Wildman–Crippen MR) is 89.6 cm³/mol. The van der Waals surface area contributed by atoms with Gasteiger partial charge < -0.3 is 10.2 Å². The Morgan fingerprint density at radius 3 is 2.79 bits per heavy atom. The first-order valence-corrected chi connectivity index (χ1v) is 8.50. The van der Waals surface area contributed by atoms with Gasteiger partial charge in [-0.25, -0.2) is 0 Å². The van der Waals surface area contributed by atoms with Crippen molar-refractivity contribution in [2.45, 2.75) is 25.8 Å². The Morgan fingerprint density at radius 1 is 1.58 bits per heavy atom. The van der Waals surface area contributed by atoms with Gasteiger partial charge in [0.2, 0.25) is 0 Å². The van der Waals surface area contributed by atoms with Crippen molar-refractivity contribution >= 4 is 61.5 Å². The fourth-order valence-corrected chi connectivity index (χ4v) is 5.01. The molecule has 1 aliphatic rings. The molecule has 1 aromatic heterocycles. The molecule has 1 aliphatic heterocycles. The first-order valence-electron chi connectivity index (χ1n) is 6.10. The molecule has 0 aromatic carbocycles. The summed E-state index contributed by atoms with van der Waals surface area (Å²) in [6.07, 6.45) is 2.04. The summed E-state index contributed by atoms with van der Waals surface area (Å²) in [5.41, 5.74) is 0.771. The molecule has 1 fully saturated rings. The quantitative estimate of drug-likeness (QED) is 0.782. The molecule has 2 rings (SSSR count). The molecule has 19 heavy (non-hydrogen) atoms. The van der Waals surface area contributed by atoms with Crippen LogP contribution in [0.2, 0.25) is 0 Å². The zero-order valence-electron chi connectivity index (χ0n) is 10.6. The number of amides is 1. The van der Waals surface area contributed by atoms with Crippen LogP contribution < -0.4 is 5.32 Å².